The van der Waals surface area contributed by atoms with E-state index in [-0.39, 0.29) is 18.4 Å². The second-order valence-electron chi connectivity index (χ2n) is 6.06. The van der Waals surface area contributed by atoms with Crippen LogP contribution >= 0.6 is 11.6 Å². The lowest BCUT2D eigenvalue weighted by Gasteiger charge is -2.31. The molecule has 1 aliphatic rings. The van der Waals surface area contributed by atoms with Gasteiger partial charge in [-0.3, -0.25) is 9.52 Å². The van der Waals surface area contributed by atoms with Gasteiger partial charge in [-0.1, -0.05) is 18.5 Å². The Morgan fingerprint density at radius 1 is 1.31 bits per heavy atom. The monoisotopic (exact) mass is 404 g/mol. The van der Waals surface area contributed by atoms with Gasteiger partial charge in [-0.05, 0) is 44.5 Å². The van der Waals surface area contributed by atoms with Crippen LogP contribution in [0.15, 0.2) is 18.2 Å². The highest BCUT2D eigenvalue weighted by Gasteiger charge is 2.21. The number of rotatable bonds is 8. The normalized spacial score (nSPS) is 16.3. The first-order valence-electron chi connectivity index (χ1n) is 8.67. The van der Waals surface area contributed by atoms with Crippen LogP contribution in [0.25, 0.3) is 0 Å². The van der Waals surface area contributed by atoms with Crippen molar-refractivity contribution in [3.63, 3.8) is 0 Å². The third kappa shape index (κ3) is 6.34. The molecule has 26 heavy (non-hydrogen) atoms. The molecule has 1 aliphatic heterocycles. The summed E-state index contributed by atoms with van der Waals surface area (Å²) in [5.74, 6) is -1.02. The van der Waals surface area contributed by atoms with Gasteiger partial charge in [0.15, 0.2) is 5.75 Å². The molecule has 0 radical (unpaired) electrons. The predicted molar refractivity (Wildman–Crippen MR) is 101 cm³/mol. The van der Waals surface area contributed by atoms with E-state index in [2.05, 4.69) is 21.3 Å². The molecule has 2 rings (SSSR count). The molecule has 0 aliphatic carbocycles. The van der Waals surface area contributed by atoms with Gasteiger partial charge in [0.2, 0.25) is 10.0 Å². The van der Waals surface area contributed by atoms with Crippen molar-refractivity contribution in [3.8, 4) is 5.75 Å². The first-order chi connectivity index (χ1) is 12.3. The molecule has 9 heteroatoms. The van der Waals surface area contributed by atoms with Crippen LogP contribution in [0, 0.1) is 0 Å². The van der Waals surface area contributed by atoms with Gasteiger partial charge in [0.05, 0.1) is 17.3 Å². The van der Waals surface area contributed by atoms with E-state index in [9.17, 15) is 13.2 Å². The van der Waals surface area contributed by atoms with Gasteiger partial charge in [0.25, 0.3) is 0 Å². The zero-order valence-corrected chi connectivity index (χ0v) is 16.6. The summed E-state index contributed by atoms with van der Waals surface area (Å²) >= 11 is 6.23. The van der Waals surface area contributed by atoms with E-state index in [4.69, 9.17) is 16.3 Å². The number of carbonyl (C=O) groups is 1. The second kappa shape index (κ2) is 9.43. The highest BCUT2D eigenvalue weighted by atomic mass is 35.5. The number of halogens is 1. The first kappa shape index (κ1) is 20.8. The number of anilines is 1. The maximum Gasteiger partial charge on any atom is 0.323 e. The Balaban J connectivity index is 1.95. The van der Waals surface area contributed by atoms with Crippen LogP contribution in [0.4, 0.5) is 5.69 Å². The summed E-state index contributed by atoms with van der Waals surface area (Å²) in [6, 6.07) is 4.67. The number of hydrogen-bond acceptors (Lipinski definition) is 6. The van der Waals surface area contributed by atoms with Crippen LogP contribution in [0.3, 0.4) is 0 Å². The van der Waals surface area contributed by atoms with Gasteiger partial charge < -0.3 is 14.4 Å². The smallest absolute Gasteiger partial charge is 0.323 e. The Morgan fingerprint density at radius 2 is 2.00 bits per heavy atom. The molecule has 1 saturated heterocycles. The van der Waals surface area contributed by atoms with Crippen LogP contribution < -0.4 is 9.46 Å². The number of nitrogens with one attached hydrogen (secondary N) is 1. The van der Waals surface area contributed by atoms with Gasteiger partial charge in [-0.15, -0.1) is 0 Å². The Labute approximate surface area is 159 Å². The summed E-state index contributed by atoms with van der Waals surface area (Å²) < 4.78 is 36.9. The summed E-state index contributed by atoms with van der Waals surface area (Å²) in [5.41, 5.74) is 0.271. The molecule has 7 nitrogen and oxygen atoms in total. The fourth-order valence-corrected chi connectivity index (χ4v) is 3.93. The number of benzene rings is 1. The van der Waals surface area contributed by atoms with Gasteiger partial charge in [0, 0.05) is 13.1 Å². The molecular weight excluding hydrogens is 380 g/mol. The largest absolute Gasteiger partial charge is 0.489 e. The van der Waals surface area contributed by atoms with E-state index in [0.717, 1.165) is 32.5 Å². The SMILES string of the molecule is CCOC(=O)CS(=O)(=O)Nc1ccc(OC2CCN(CC)CC2)c(Cl)c1. The van der Waals surface area contributed by atoms with Gasteiger partial charge in [0.1, 0.15) is 11.9 Å². The van der Waals surface area contributed by atoms with E-state index in [1.165, 1.54) is 6.07 Å². The van der Waals surface area contributed by atoms with Gasteiger partial charge in [-0.2, -0.15) is 0 Å². The van der Waals surface area contributed by atoms with Crippen molar-refractivity contribution in [2.75, 3.05) is 36.7 Å². The lowest BCUT2D eigenvalue weighted by Crippen LogP contribution is -2.38. The maximum absolute atomic E-state index is 12.0. The molecule has 1 fully saturated rings. The molecule has 1 N–H and O–H groups in total. The number of likely N-dealkylation sites (tertiary alicyclic amines) is 1. The van der Waals surface area contributed by atoms with Gasteiger partial charge in [-0.25, -0.2) is 8.42 Å². The number of nitrogens with zero attached hydrogens (tertiary/aromatic N) is 1. The molecule has 146 valence electrons. The molecule has 1 aromatic carbocycles. The van der Waals surface area contributed by atoms with Crippen molar-refractivity contribution in [2.45, 2.75) is 32.8 Å². The van der Waals surface area contributed by atoms with Crippen molar-refractivity contribution >= 4 is 33.3 Å². The van der Waals surface area contributed by atoms with E-state index in [1.54, 1.807) is 19.1 Å². The number of sulfonamides is 1. The zero-order chi connectivity index (χ0) is 19.2. The Morgan fingerprint density at radius 3 is 2.58 bits per heavy atom. The fourth-order valence-electron chi connectivity index (χ4n) is 2.76. The quantitative estimate of drug-likeness (QED) is 0.670. The van der Waals surface area contributed by atoms with Crippen molar-refractivity contribution in [1.82, 2.24) is 4.90 Å². The van der Waals surface area contributed by atoms with Crippen molar-refractivity contribution in [2.24, 2.45) is 0 Å². The molecule has 1 aromatic rings. The molecule has 0 amide bonds. The molecule has 0 spiro atoms. The summed E-state index contributed by atoms with van der Waals surface area (Å²) in [4.78, 5) is 13.7. The Hall–Kier alpha value is -1.51. The maximum atomic E-state index is 12.0. The first-order valence-corrected chi connectivity index (χ1v) is 10.7. The standard InChI is InChI=1S/C17H25ClN2O5S/c1-3-20-9-7-14(8-10-20)25-16-6-5-13(11-15(16)18)19-26(22,23)12-17(21)24-4-2/h5-6,11,14,19H,3-4,7-10,12H2,1-2H3. The molecule has 0 aromatic heterocycles. The number of ether oxygens (including phenoxy) is 2. The fraction of sp³-hybridized carbons (Fsp3) is 0.588. The van der Waals surface area contributed by atoms with Crippen LogP contribution in [0.1, 0.15) is 26.7 Å². The van der Waals surface area contributed by atoms with E-state index < -0.39 is 21.7 Å². The molecule has 0 atom stereocenters. The number of esters is 1. The van der Waals surface area contributed by atoms with Crippen molar-refractivity contribution in [1.29, 1.82) is 0 Å². The summed E-state index contributed by atoms with van der Waals surface area (Å²) in [5, 5.41) is 0.319. The summed E-state index contributed by atoms with van der Waals surface area (Å²) in [6.07, 6.45) is 1.96. The van der Waals surface area contributed by atoms with E-state index >= 15 is 0 Å². The Kier molecular flexibility index (Phi) is 7.55. The van der Waals surface area contributed by atoms with E-state index in [0.29, 0.717) is 10.8 Å². The number of hydrogen-bond donors (Lipinski definition) is 1. The third-order valence-electron chi connectivity index (χ3n) is 4.09. The average molecular weight is 405 g/mol. The third-order valence-corrected chi connectivity index (χ3v) is 5.55. The van der Waals surface area contributed by atoms with Crippen molar-refractivity contribution in [3.05, 3.63) is 23.2 Å². The van der Waals surface area contributed by atoms with Crippen molar-refractivity contribution < 1.29 is 22.7 Å². The van der Waals surface area contributed by atoms with Crippen LogP contribution in [-0.4, -0.2) is 57.4 Å². The highest BCUT2D eigenvalue weighted by molar-refractivity contribution is 7.93. The minimum atomic E-state index is -3.85. The molecule has 0 unspecified atom stereocenters. The number of piperidine rings is 1. The molecule has 0 bridgehead atoms. The highest BCUT2D eigenvalue weighted by Crippen LogP contribution is 2.30. The predicted octanol–water partition coefficient (Wildman–Crippen LogP) is 2.51. The lowest BCUT2D eigenvalue weighted by atomic mass is 10.1. The molecule has 1 heterocycles. The summed E-state index contributed by atoms with van der Waals surface area (Å²) in [7, 11) is -3.85. The molecular formula is C17H25ClN2O5S. The minimum absolute atomic E-state index is 0.0988. The number of carbonyl (C=O) groups excluding carboxylic acids is 1. The lowest BCUT2D eigenvalue weighted by molar-refractivity contribution is -0.139. The minimum Gasteiger partial charge on any atom is -0.489 e. The topological polar surface area (TPSA) is 84.9 Å². The Bertz CT molecular complexity index is 718. The van der Waals surface area contributed by atoms with Crippen LogP contribution in [-0.2, 0) is 19.6 Å². The zero-order valence-electron chi connectivity index (χ0n) is 15.0. The van der Waals surface area contributed by atoms with Crippen LogP contribution in [0.2, 0.25) is 5.02 Å². The average Bonchev–Trinajstić information content (AvgIpc) is 2.57. The van der Waals surface area contributed by atoms with Gasteiger partial charge >= 0.3 is 5.97 Å². The summed E-state index contributed by atoms with van der Waals surface area (Å²) in [6.45, 7) is 6.90. The van der Waals surface area contributed by atoms with Crippen LogP contribution in [0.5, 0.6) is 5.75 Å². The molecule has 0 saturated carbocycles. The van der Waals surface area contributed by atoms with E-state index in [1.807, 2.05) is 0 Å². The second-order valence-corrected chi connectivity index (χ2v) is 8.19.